The highest BCUT2D eigenvalue weighted by Gasteiger charge is 2.43. The first-order valence-corrected chi connectivity index (χ1v) is 5.97. The topological polar surface area (TPSA) is 29.1 Å². The number of rotatable bonds is 1. The first-order valence-electron chi connectivity index (χ1n) is 5.18. The second-order valence-electron chi connectivity index (χ2n) is 4.51. The summed E-state index contributed by atoms with van der Waals surface area (Å²) in [5, 5.41) is 2.83. The van der Waals surface area contributed by atoms with Crippen molar-refractivity contribution in [2.45, 2.75) is 31.7 Å². The number of carbonyl (C=O) groups excluding carboxylic acids is 1. The average Bonchev–Trinajstić information content (AvgIpc) is 2.46. The van der Waals surface area contributed by atoms with E-state index in [-0.39, 0.29) is 17.8 Å². The van der Waals surface area contributed by atoms with Crippen molar-refractivity contribution in [2.75, 3.05) is 0 Å². The van der Waals surface area contributed by atoms with Crippen LogP contribution in [0.3, 0.4) is 0 Å². The lowest BCUT2D eigenvalue weighted by molar-refractivity contribution is -0.119. The molecule has 0 aromatic heterocycles. The molecule has 1 aromatic carbocycles. The molecule has 1 N–H and O–H groups in total. The molecule has 4 heteroatoms. The third kappa shape index (κ3) is 1.75. The van der Waals surface area contributed by atoms with Crippen molar-refractivity contribution >= 4 is 21.8 Å². The van der Waals surface area contributed by atoms with Crippen molar-refractivity contribution < 1.29 is 9.18 Å². The van der Waals surface area contributed by atoms with Gasteiger partial charge < -0.3 is 5.32 Å². The predicted molar refractivity (Wildman–Crippen MR) is 63.7 cm³/mol. The lowest BCUT2D eigenvalue weighted by Gasteiger charge is -2.28. The van der Waals surface area contributed by atoms with Gasteiger partial charge in [0.15, 0.2) is 0 Å². The molecule has 1 saturated heterocycles. The maximum atomic E-state index is 13.8. The van der Waals surface area contributed by atoms with E-state index in [1.807, 2.05) is 13.8 Å². The average molecular weight is 286 g/mol. The first-order chi connectivity index (χ1) is 7.43. The molecule has 1 amide bonds. The summed E-state index contributed by atoms with van der Waals surface area (Å²) in [4.78, 5) is 11.4. The molecule has 1 heterocycles. The van der Waals surface area contributed by atoms with Crippen LogP contribution in [0.2, 0.25) is 0 Å². The molecule has 0 aliphatic carbocycles. The van der Waals surface area contributed by atoms with Gasteiger partial charge in [-0.3, -0.25) is 4.79 Å². The van der Waals surface area contributed by atoms with Gasteiger partial charge >= 0.3 is 0 Å². The fraction of sp³-hybridized carbons (Fsp3) is 0.417. The van der Waals surface area contributed by atoms with Gasteiger partial charge in [0.05, 0.1) is 0 Å². The summed E-state index contributed by atoms with van der Waals surface area (Å²) in [7, 11) is 0. The van der Waals surface area contributed by atoms with Gasteiger partial charge in [-0.1, -0.05) is 22.9 Å². The zero-order valence-electron chi connectivity index (χ0n) is 9.18. The third-order valence-electron chi connectivity index (χ3n) is 3.40. The van der Waals surface area contributed by atoms with E-state index in [9.17, 15) is 9.18 Å². The maximum absolute atomic E-state index is 13.8. The van der Waals surface area contributed by atoms with Gasteiger partial charge in [0.25, 0.3) is 0 Å². The number of halogens is 2. The second-order valence-corrected chi connectivity index (χ2v) is 5.42. The number of nitrogens with one attached hydrogen (secondary N) is 1. The maximum Gasteiger partial charge on any atom is 0.221 e. The molecule has 16 heavy (non-hydrogen) atoms. The molecule has 0 saturated carbocycles. The van der Waals surface area contributed by atoms with Crippen molar-refractivity contribution in [3.05, 3.63) is 34.1 Å². The van der Waals surface area contributed by atoms with Gasteiger partial charge in [0, 0.05) is 22.4 Å². The Morgan fingerprint density at radius 2 is 2.25 bits per heavy atom. The predicted octanol–water partition coefficient (Wildman–Crippen LogP) is 2.75. The lowest BCUT2D eigenvalue weighted by atomic mass is 9.76. The Morgan fingerprint density at radius 1 is 1.56 bits per heavy atom. The molecule has 1 aliphatic heterocycles. The molecule has 1 fully saturated rings. The molecule has 2 unspecified atom stereocenters. The van der Waals surface area contributed by atoms with Crippen molar-refractivity contribution in [1.29, 1.82) is 0 Å². The normalized spacial score (nSPS) is 29.2. The molecule has 0 bridgehead atoms. The number of hydrogen-bond donors (Lipinski definition) is 1. The van der Waals surface area contributed by atoms with E-state index in [0.29, 0.717) is 12.0 Å². The Bertz CT molecular complexity index is 449. The Balaban J connectivity index is 2.50. The van der Waals surface area contributed by atoms with Crippen LogP contribution in [0.5, 0.6) is 0 Å². The minimum Gasteiger partial charge on any atom is -0.353 e. The molecule has 2 nitrogen and oxygen atoms in total. The second kappa shape index (κ2) is 3.84. The standard InChI is InChI=1S/C12H13BrFNO/c1-7-12(2,6-11(16)15-7)9-5-8(13)3-4-10(9)14/h3-5,7H,6H2,1-2H3,(H,15,16). The monoisotopic (exact) mass is 285 g/mol. The van der Waals surface area contributed by atoms with E-state index >= 15 is 0 Å². The Morgan fingerprint density at radius 3 is 2.81 bits per heavy atom. The van der Waals surface area contributed by atoms with Crippen LogP contribution in [0.15, 0.2) is 22.7 Å². The quantitative estimate of drug-likeness (QED) is 0.845. The highest BCUT2D eigenvalue weighted by Crippen LogP contribution is 2.37. The molecule has 86 valence electrons. The summed E-state index contributed by atoms with van der Waals surface area (Å²) in [6.07, 6.45) is 0.335. The van der Waals surface area contributed by atoms with Crippen LogP contribution in [0.4, 0.5) is 4.39 Å². The third-order valence-corrected chi connectivity index (χ3v) is 3.90. The van der Waals surface area contributed by atoms with Crippen LogP contribution in [-0.4, -0.2) is 11.9 Å². The summed E-state index contributed by atoms with van der Waals surface area (Å²) >= 11 is 3.33. The summed E-state index contributed by atoms with van der Waals surface area (Å²) < 4.78 is 14.6. The minimum atomic E-state index is -0.467. The molecule has 2 rings (SSSR count). The fourth-order valence-electron chi connectivity index (χ4n) is 2.20. The van der Waals surface area contributed by atoms with Crippen molar-refractivity contribution in [2.24, 2.45) is 0 Å². The van der Waals surface area contributed by atoms with Gasteiger partial charge in [-0.15, -0.1) is 0 Å². The molecule has 0 radical (unpaired) electrons. The summed E-state index contributed by atoms with van der Waals surface area (Å²) in [6.45, 7) is 3.83. The number of carbonyl (C=O) groups is 1. The van der Waals surface area contributed by atoms with E-state index in [4.69, 9.17) is 0 Å². The van der Waals surface area contributed by atoms with E-state index in [1.165, 1.54) is 6.07 Å². The van der Waals surface area contributed by atoms with Crippen LogP contribution in [0.1, 0.15) is 25.8 Å². The number of hydrogen-bond acceptors (Lipinski definition) is 1. The van der Waals surface area contributed by atoms with Crippen molar-refractivity contribution in [3.8, 4) is 0 Å². The molecular weight excluding hydrogens is 273 g/mol. The molecule has 1 aromatic rings. The fourth-order valence-corrected chi connectivity index (χ4v) is 2.56. The molecular formula is C12H13BrFNO. The summed E-state index contributed by atoms with van der Waals surface area (Å²) in [6, 6.07) is 4.80. The SMILES string of the molecule is CC1NC(=O)CC1(C)c1cc(Br)ccc1F. The van der Waals surface area contributed by atoms with Crippen molar-refractivity contribution in [1.82, 2.24) is 5.32 Å². The van der Waals surface area contributed by atoms with E-state index < -0.39 is 5.41 Å². The molecule has 1 aliphatic rings. The van der Waals surface area contributed by atoms with E-state index in [1.54, 1.807) is 12.1 Å². The van der Waals surface area contributed by atoms with Crippen molar-refractivity contribution in [3.63, 3.8) is 0 Å². The van der Waals surface area contributed by atoms with Crippen LogP contribution >= 0.6 is 15.9 Å². The van der Waals surface area contributed by atoms with Crippen LogP contribution in [0, 0.1) is 5.82 Å². The van der Waals surface area contributed by atoms with Gasteiger partial charge in [0.1, 0.15) is 5.82 Å². The Labute approximate surface area is 102 Å². The van der Waals surface area contributed by atoms with Crippen LogP contribution in [0.25, 0.3) is 0 Å². The number of amides is 1. The van der Waals surface area contributed by atoms with Crippen LogP contribution in [-0.2, 0) is 10.2 Å². The largest absolute Gasteiger partial charge is 0.353 e. The van der Waals surface area contributed by atoms with Gasteiger partial charge in [0.2, 0.25) is 5.91 Å². The summed E-state index contributed by atoms with van der Waals surface area (Å²) in [5.74, 6) is -0.275. The van der Waals surface area contributed by atoms with Crippen LogP contribution < -0.4 is 5.32 Å². The zero-order valence-corrected chi connectivity index (χ0v) is 10.8. The molecule has 2 atom stereocenters. The Kier molecular flexibility index (Phi) is 2.78. The first kappa shape index (κ1) is 11.6. The highest BCUT2D eigenvalue weighted by molar-refractivity contribution is 9.10. The lowest BCUT2D eigenvalue weighted by Crippen LogP contribution is -2.36. The Hall–Kier alpha value is -0.900. The smallest absolute Gasteiger partial charge is 0.221 e. The zero-order chi connectivity index (χ0) is 11.9. The summed E-state index contributed by atoms with van der Waals surface area (Å²) in [5.41, 5.74) is 0.123. The van der Waals surface area contributed by atoms with Gasteiger partial charge in [-0.2, -0.15) is 0 Å². The molecule has 0 spiro atoms. The van der Waals surface area contributed by atoms with Gasteiger partial charge in [-0.25, -0.2) is 4.39 Å². The highest BCUT2D eigenvalue weighted by atomic mass is 79.9. The van der Waals surface area contributed by atoms with E-state index in [2.05, 4.69) is 21.2 Å². The number of benzene rings is 1. The minimum absolute atomic E-state index is 0.0191. The van der Waals surface area contributed by atoms with Gasteiger partial charge in [-0.05, 0) is 30.7 Å². The van der Waals surface area contributed by atoms with E-state index in [0.717, 1.165) is 4.47 Å².